The van der Waals surface area contributed by atoms with Gasteiger partial charge < -0.3 is 31.2 Å². The van der Waals surface area contributed by atoms with Crippen LogP contribution in [0.5, 0.6) is 0 Å². The van der Waals surface area contributed by atoms with Crippen molar-refractivity contribution in [3.8, 4) is 0 Å². The maximum absolute atomic E-state index is 12.1. The molecule has 0 aromatic heterocycles. The van der Waals surface area contributed by atoms with Crippen molar-refractivity contribution in [2.45, 2.75) is 117 Å². The summed E-state index contributed by atoms with van der Waals surface area (Å²) in [5, 5.41) is 8.77. The van der Waals surface area contributed by atoms with Crippen LogP contribution < -0.4 is 21.7 Å². The molecule has 0 aromatic carbocycles. The highest BCUT2D eigenvalue weighted by molar-refractivity contribution is 5.82. The van der Waals surface area contributed by atoms with Crippen molar-refractivity contribution in [2.24, 2.45) is 17.1 Å². The average Bonchev–Trinajstić information content (AvgIpc) is 3.55. The number of hydrogen-bond acceptors (Lipinski definition) is 7. The lowest BCUT2D eigenvalue weighted by molar-refractivity contribution is -0.129. The minimum Gasteiger partial charge on any atom is -0.379 e. The summed E-state index contributed by atoms with van der Waals surface area (Å²) in [6, 6.07) is 0.0760. The number of likely N-dealkylation sites (N-methyl/N-ethyl adjacent to an activating group) is 1. The smallest absolute Gasteiger partial charge is 0.238 e. The Bertz CT molecular complexity index is 679. The molecule has 3 aliphatic rings. The maximum atomic E-state index is 12.1. The molecule has 3 rings (SSSR count). The lowest BCUT2D eigenvalue weighted by Crippen LogP contribution is -2.53. The second-order valence-corrected chi connectivity index (χ2v) is 11.6. The highest BCUT2D eigenvalue weighted by atomic mass is 16.5. The van der Waals surface area contributed by atoms with Gasteiger partial charge in [-0.05, 0) is 92.3 Å². The van der Waals surface area contributed by atoms with Crippen LogP contribution in [0.3, 0.4) is 0 Å². The Kier molecular flexibility index (Phi) is 21.8. The Balaban J connectivity index is 0. The lowest BCUT2D eigenvalue weighted by atomic mass is 9.88. The Morgan fingerprint density at radius 2 is 1.82 bits per heavy atom. The number of methoxy groups -OCH3 is 1. The number of piperidine rings is 1. The Hall–Kier alpha value is -2.04. The number of amides is 3. The number of nitrogens with two attached hydrogens (primary N) is 1. The number of carbonyl (C=O) groups excluding carboxylic acids is 4. The lowest BCUT2D eigenvalue weighted by Gasteiger charge is -2.37. The third-order valence-electron chi connectivity index (χ3n) is 7.07. The standard InChI is InChI=1S/C12H23N3O.C6H12O.C5H9NO.C5H12O.CH3NO/c1-9(13-2)14-11(16)10-8-12(4-5-12)6-7-15(10)3;1-2-3-4-5-6-7;1-4-2-3-6-5(4)7;1-5(2,3)6-4;2-1-3/h9-10,13H,4-8H2,1-3H3,(H,14,16);6H,2-5H2,1H3;4H,2-3H2,1H3,(H,6,7);1-4H3;1H,(H2,2,3)/t9-,10?;;;;/m0..../s1. The topological polar surface area (TPSA) is 143 Å². The third-order valence-corrected chi connectivity index (χ3v) is 7.07. The van der Waals surface area contributed by atoms with Crippen LogP contribution in [-0.4, -0.2) is 81.5 Å². The van der Waals surface area contributed by atoms with Gasteiger partial charge in [-0.15, -0.1) is 0 Å². The molecule has 10 nitrogen and oxygen atoms in total. The van der Waals surface area contributed by atoms with Gasteiger partial charge >= 0.3 is 0 Å². The molecule has 2 heterocycles. The minimum atomic E-state index is 0.0417. The van der Waals surface area contributed by atoms with Crippen LogP contribution in [0.1, 0.15) is 99.3 Å². The number of nitrogens with zero attached hydrogens (tertiary/aromatic N) is 1. The Morgan fingerprint density at radius 3 is 2.15 bits per heavy atom. The number of aldehydes is 1. The number of likely N-dealkylation sites (tertiary alicyclic amines) is 1. The van der Waals surface area contributed by atoms with E-state index >= 15 is 0 Å². The summed E-state index contributed by atoms with van der Waals surface area (Å²) in [6.45, 7) is 14.0. The molecule has 0 bridgehead atoms. The predicted molar refractivity (Wildman–Crippen MR) is 158 cm³/mol. The number of ether oxygens (including phenoxy) is 1. The molecule has 1 aliphatic carbocycles. The van der Waals surface area contributed by atoms with E-state index in [1.54, 1.807) is 7.11 Å². The number of hydrogen-bond donors (Lipinski definition) is 4. The first-order valence-electron chi connectivity index (χ1n) is 14.4. The zero-order chi connectivity index (χ0) is 30.5. The molecule has 10 heteroatoms. The fourth-order valence-corrected chi connectivity index (χ4v) is 3.74. The van der Waals surface area contributed by atoms with Crippen LogP contribution in [0.4, 0.5) is 0 Å². The van der Waals surface area contributed by atoms with Crippen molar-refractivity contribution in [3.05, 3.63) is 0 Å². The molecule has 1 saturated carbocycles. The third kappa shape index (κ3) is 20.5. The molecule has 0 radical (unpaired) electrons. The van der Waals surface area contributed by atoms with Crippen LogP contribution in [0, 0.1) is 11.3 Å². The van der Waals surface area contributed by atoms with Crippen molar-refractivity contribution in [2.75, 3.05) is 34.3 Å². The molecule has 0 aromatic rings. The van der Waals surface area contributed by atoms with E-state index in [0.29, 0.717) is 5.41 Å². The van der Waals surface area contributed by atoms with E-state index in [0.717, 1.165) is 45.1 Å². The van der Waals surface area contributed by atoms with Crippen LogP contribution in [0.15, 0.2) is 0 Å². The second kappa shape index (κ2) is 21.7. The van der Waals surface area contributed by atoms with Gasteiger partial charge in [0.05, 0.1) is 17.8 Å². The summed E-state index contributed by atoms with van der Waals surface area (Å²) in [5.41, 5.74) is 4.73. The molecule has 1 spiro atoms. The number of unbranched alkanes of at least 4 members (excludes halogenated alkanes) is 3. The fraction of sp³-hybridized carbons (Fsp3) is 0.862. The summed E-state index contributed by atoms with van der Waals surface area (Å²) in [5.74, 6) is 0.648. The molecule has 2 unspecified atom stereocenters. The van der Waals surface area contributed by atoms with Crippen molar-refractivity contribution in [3.63, 3.8) is 0 Å². The zero-order valence-corrected chi connectivity index (χ0v) is 26.2. The average molecular weight is 558 g/mol. The van der Waals surface area contributed by atoms with Gasteiger partial charge in [0.1, 0.15) is 6.29 Å². The van der Waals surface area contributed by atoms with Gasteiger partial charge in [-0.25, -0.2) is 0 Å². The van der Waals surface area contributed by atoms with Gasteiger partial charge in [-0.2, -0.15) is 0 Å². The normalized spacial score (nSPS) is 21.5. The molecule has 3 amide bonds. The van der Waals surface area contributed by atoms with E-state index < -0.39 is 0 Å². The first kappa shape index (κ1) is 39.1. The summed E-state index contributed by atoms with van der Waals surface area (Å²) in [6.07, 6.45) is 11.5. The molecule has 230 valence electrons. The Labute approximate surface area is 237 Å². The van der Waals surface area contributed by atoms with E-state index in [1.165, 1.54) is 32.1 Å². The van der Waals surface area contributed by atoms with Gasteiger partial charge in [-0.1, -0.05) is 26.7 Å². The largest absolute Gasteiger partial charge is 0.379 e. The van der Waals surface area contributed by atoms with Crippen molar-refractivity contribution < 1.29 is 23.9 Å². The number of nitrogens with one attached hydrogen (secondary N) is 3. The van der Waals surface area contributed by atoms with Crippen molar-refractivity contribution >= 4 is 24.5 Å². The summed E-state index contributed by atoms with van der Waals surface area (Å²) >= 11 is 0. The molecule has 2 saturated heterocycles. The van der Waals surface area contributed by atoms with E-state index in [9.17, 15) is 14.4 Å². The number of carbonyl (C=O) groups is 4. The SMILES string of the molecule is CC1CCNC1=O.CCCCCC=O.CN[C@H](C)NC(=O)C1CC2(CCN1C)CC2.COC(C)(C)C.NC=O. The van der Waals surface area contributed by atoms with E-state index in [2.05, 4.69) is 40.6 Å². The highest BCUT2D eigenvalue weighted by Crippen LogP contribution is 2.54. The van der Waals surface area contributed by atoms with E-state index in [4.69, 9.17) is 9.53 Å². The van der Waals surface area contributed by atoms with Gasteiger partial charge in [0.25, 0.3) is 0 Å². The monoisotopic (exact) mass is 557 g/mol. The fourth-order valence-electron chi connectivity index (χ4n) is 3.74. The van der Waals surface area contributed by atoms with Gasteiger partial charge in [-0.3, -0.25) is 19.3 Å². The summed E-state index contributed by atoms with van der Waals surface area (Å²) in [4.78, 5) is 43.0. The zero-order valence-electron chi connectivity index (χ0n) is 26.2. The van der Waals surface area contributed by atoms with E-state index in [1.807, 2.05) is 41.7 Å². The Morgan fingerprint density at radius 1 is 1.26 bits per heavy atom. The molecule has 3 atom stereocenters. The molecule has 5 N–H and O–H groups in total. The number of rotatable bonds is 7. The van der Waals surface area contributed by atoms with Gasteiger partial charge in [0.2, 0.25) is 18.2 Å². The molecule has 2 aliphatic heterocycles. The summed E-state index contributed by atoms with van der Waals surface area (Å²) in [7, 11) is 5.63. The van der Waals surface area contributed by atoms with Crippen molar-refractivity contribution in [1.29, 1.82) is 0 Å². The number of primary amides is 1. The maximum Gasteiger partial charge on any atom is 0.238 e. The van der Waals surface area contributed by atoms with Gasteiger partial charge in [0, 0.05) is 26.0 Å². The molecular weight excluding hydrogens is 498 g/mol. The molecule has 3 fully saturated rings. The van der Waals surface area contributed by atoms with Crippen LogP contribution in [0.2, 0.25) is 0 Å². The minimum absolute atomic E-state index is 0.0417. The predicted octanol–water partition coefficient (Wildman–Crippen LogP) is 2.98. The molecule has 39 heavy (non-hydrogen) atoms. The van der Waals surface area contributed by atoms with Crippen LogP contribution >= 0.6 is 0 Å². The van der Waals surface area contributed by atoms with Crippen LogP contribution in [-0.2, 0) is 23.9 Å². The van der Waals surface area contributed by atoms with Gasteiger partial charge in [0.15, 0.2) is 0 Å². The van der Waals surface area contributed by atoms with Crippen molar-refractivity contribution in [1.82, 2.24) is 20.9 Å². The highest BCUT2D eigenvalue weighted by Gasteiger charge is 2.49. The first-order valence-corrected chi connectivity index (χ1v) is 14.4. The summed E-state index contributed by atoms with van der Waals surface area (Å²) < 4.78 is 4.94. The van der Waals surface area contributed by atoms with E-state index in [-0.39, 0.29) is 42.0 Å². The van der Waals surface area contributed by atoms with Crippen LogP contribution in [0.25, 0.3) is 0 Å². The first-order chi connectivity index (χ1) is 18.3. The second-order valence-electron chi connectivity index (χ2n) is 11.6. The molecular formula is C29H59N5O5. The quantitative estimate of drug-likeness (QED) is 0.214.